The summed E-state index contributed by atoms with van der Waals surface area (Å²) in [7, 11) is 0. The molecule has 0 unspecified atom stereocenters. The van der Waals surface area contributed by atoms with E-state index in [0.717, 1.165) is 0 Å². The molecule has 1 aromatic heterocycles. The van der Waals surface area contributed by atoms with E-state index in [1.54, 1.807) is 6.92 Å². The molecular formula is C9H16N4O2. The van der Waals surface area contributed by atoms with Crippen LogP contribution in [0.3, 0.4) is 0 Å². The maximum Gasteiger partial charge on any atom is 0.412 e. The van der Waals surface area contributed by atoms with Crippen molar-refractivity contribution >= 4 is 17.6 Å². The Bertz CT molecular complexity index is 346. The van der Waals surface area contributed by atoms with Gasteiger partial charge in [0, 0.05) is 0 Å². The van der Waals surface area contributed by atoms with Crippen molar-refractivity contribution in [2.75, 3.05) is 17.7 Å². The highest BCUT2D eigenvalue weighted by molar-refractivity contribution is 5.87. The van der Waals surface area contributed by atoms with Crippen LogP contribution in [0.15, 0.2) is 0 Å². The molecule has 1 rings (SSSR count). The molecule has 6 nitrogen and oxygen atoms in total. The molecule has 0 atom stereocenters. The first-order chi connectivity index (χ1) is 7.00. The number of aryl methyl sites for hydroxylation is 1. The van der Waals surface area contributed by atoms with Crippen molar-refractivity contribution in [1.29, 1.82) is 0 Å². The highest BCUT2D eigenvalue weighted by Crippen LogP contribution is 2.17. The Morgan fingerprint density at radius 2 is 2.33 bits per heavy atom. The average molecular weight is 212 g/mol. The maximum absolute atomic E-state index is 11.2. The van der Waals surface area contributed by atoms with E-state index in [2.05, 4.69) is 15.5 Å². The molecule has 1 amide bonds. The van der Waals surface area contributed by atoms with E-state index in [1.807, 2.05) is 13.8 Å². The summed E-state index contributed by atoms with van der Waals surface area (Å²) in [6.45, 7) is 6.06. The minimum Gasteiger partial charge on any atom is -0.449 e. The topological polar surface area (TPSA) is 93.0 Å². The molecular weight excluding hydrogens is 196 g/mol. The van der Waals surface area contributed by atoms with Gasteiger partial charge in [-0.15, -0.1) is 0 Å². The van der Waals surface area contributed by atoms with Crippen LogP contribution >= 0.6 is 0 Å². The lowest BCUT2D eigenvalue weighted by atomic mass is 10.2. The summed E-state index contributed by atoms with van der Waals surface area (Å²) >= 11 is 0. The number of carbonyl (C=O) groups excluding carboxylic acids is 1. The van der Waals surface area contributed by atoms with E-state index < -0.39 is 6.09 Å². The van der Waals surface area contributed by atoms with Gasteiger partial charge in [0.15, 0.2) is 5.82 Å². The molecule has 0 aliphatic heterocycles. The summed E-state index contributed by atoms with van der Waals surface area (Å²) in [5.41, 5.74) is 6.79. The number of carbonyl (C=O) groups is 1. The van der Waals surface area contributed by atoms with Crippen LogP contribution in [0, 0.1) is 12.8 Å². The first-order valence-electron chi connectivity index (χ1n) is 4.75. The lowest BCUT2D eigenvalue weighted by Gasteiger charge is -2.07. The van der Waals surface area contributed by atoms with Gasteiger partial charge in [0.05, 0.1) is 18.0 Å². The molecule has 0 saturated carbocycles. The zero-order chi connectivity index (χ0) is 11.4. The lowest BCUT2D eigenvalue weighted by molar-refractivity contribution is 0.147. The van der Waals surface area contributed by atoms with Crippen LogP contribution < -0.4 is 11.1 Å². The number of hydrogen-bond donors (Lipinski definition) is 3. The van der Waals surface area contributed by atoms with Crippen molar-refractivity contribution in [2.45, 2.75) is 20.8 Å². The van der Waals surface area contributed by atoms with Crippen LogP contribution in [-0.2, 0) is 4.74 Å². The summed E-state index contributed by atoms with van der Waals surface area (Å²) in [5, 5.41) is 8.94. The van der Waals surface area contributed by atoms with Crippen molar-refractivity contribution in [3.05, 3.63) is 5.69 Å². The predicted molar refractivity (Wildman–Crippen MR) is 57.5 cm³/mol. The Morgan fingerprint density at radius 3 is 2.80 bits per heavy atom. The number of rotatable bonds is 3. The van der Waals surface area contributed by atoms with Crippen molar-refractivity contribution in [1.82, 2.24) is 10.2 Å². The summed E-state index contributed by atoms with van der Waals surface area (Å²) < 4.78 is 4.91. The SMILES string of the molecule is Cc1[nH]nc(NC(=O)OCC(C)C)c1N. The number of amides is 1. The Morgan fingerprint density at radius 1 is 1.67 bits per heavy atom. The smallest absolute Gasteiger partial charge is 0.412 e. The molecule has 0 aromatic carbocycles. The molecule has 4 N–H and O–H groups in total. The number of H-pyrrole nitrogens is 1. The van der Waals surface area contributed by atoms with Gasteiger partial charge in [0.2, 0.25) is 0 Å². The van der Waals surface area contributed by atoms with Gasteiger partial charge in [-0.3, -0.25) is 10.4 Å². The summed E-state index contributed by atoms with van der Waals surface area (Å²) in [6.07, 6.45) is -0.540. The van der Waals surface area contributed by atoms with Crippen LogP contribution in [0.1, 0.15) is 19.5 Å². The molecule has 0 saturated heterocycles. The standard InChI is InChI=1S/C9H16N4O2/c1-5(2)4-15-9(14)11-8-7(10)6(3)12-13-8/h5H,4,10H2,1-3H3,(H2,11,12,13,14). The van der Waals surface area contributed by atoms with Gasteiger partial charge in [0.25, 0.3) is 0 Å². The fourth-order valence-electron chi connectivity index (χ4n) is 0.908. The second-order valence-electron chi connectivity index (χ2n) is 3.73. The van der Waals surface area contributed by atoms with Gasteiger partial charge in [0.1, 0.15) is 0 Å². The van der Waals surface area contributed by atoms with Gasteiger partial charge in [-0.2, -0.15) is 5.10 Å². The lowest BCUT2D eigenvalue weighted by Crippen LogP contribution is -2.17. The fraction of sp³-hybridized carbons (Fsp3) is 0.556. The predicted octanol–water partition coefficient (Wildman–Crippen LogP) is 1.50. The Balaban J connectivity index is 2.48. The van der Waals surface area contributed by atoms with Crippen molar-refractivity contribution in [3.63, 3.8) is 0 Å². The highest BCUT2D eigenvalue weighted by Gasteiger charge is 2.11. The molecule has 0 fully saturated rings. The van der Waals surface area contributed by atoms with E-state index in [1.165, 1.54) is 0 Å². The largest absolute Gasteiger partial charge is 0.449 e. The minimum absolute atomic E-state index is 0.300. The molecule has 0 spiro atoms. The number of ether oxygens (including phenoxy) is 1. The number of nitrogens with two attached hydrogens (primary N) is 1. The van der Waals surface area contributed by atoms with Gasteiger partial charge >= 0.3 is 6.09 Å². The van der Waals surface area contributed by atoms with Crippen LogP contribution in [0.25, 0.3) is 0 Å². The number of aromatic nitrogens is 2. The van der Waals surface area contributed by atoms with Gasteiger partial charge in [-0.25, -0.2) is 4.79 Å². The summed E-state index contributed by atoms with van der Waals surface area (Å²) in [5.74, 6) is 0.607. The minimum atomic E-state index is -0.540. The maximum atomic E-state index is 11.2. The number of nitrogens with zero attached hydrogens (tertiary/aromatic N) is 1. The monoisotopic (exact) mass is 212 g/mol. The molecule has 1 heterocycles. The molecule has 15 heavy (non-hydrogen) atoms. The van der Waals surface area contributed by atoms with Crippen molar-refractivity contribution in [3.8, 4) is 0 Å². The third-order valence-electron chi connectivity index (χ3n) is 1.76. The first kappa shape index (κ1) is 11.4. The number of nitrogen functional groups attached to an aromatic ring is 1. The molecule has 0 aliphatic rings. The van der Waals surface area contributed by atoms with Gasteiger partial charge in [-0.05, 0) is 12.8 Å². The Hall–Kier alpha value is -1.72. The number of anilines is 2. The second kappa shape index (κ2) is 4.68. The average Bonchev–Trinajstić information content (AvgIpc) is 2.47. The number of hydrogen-bond acceptors (Lipinski definition) is 4. The van der Waals surface area contributed by atoms with Crippen LogP contribution in [0.5, 0.6) is 0 Å². The first-order valence-corrected chi connectivity index (χ1v) is 4.75. The zero-order valence-electron chi connectivity index (χ0n) is 9.13. The van der Waals surface area contributed by atoms with Crippen LogP contribution in [0.2, 0.25) is 0 Å². The second-order valence-corrected chi connectivity index (χ2v) is 3.73. The molecule has 0 aliphatic carbocycles. The molecule has 0 bridgehead atoms. The van der Waals surface area contributed by atoms with E-state index in [0.29, 0.717) is 29.7 Å². The normalized spacial score (nSPS) is 10.4. The highest BCUT2D eigenvalue weighted by atomic mass is 16.5. The van der Waals surface area contributed by atoms with E-state index >= 15 is 0 Å². The summed E-state index contributed by atoms with van der Waals surface area (Å²) in [6, 6.07) is 0. The Labute approximate surface area is 88.2 Å². The summed E-state index contributed by atoms with van der Waals surface area (Å²) in [4.78, 5) is 11.2. The number of nitrogens with one attached hydrogen (secondary N) is 2. The molecule has 6 heteroatoms. The van der Waals surface area contributed by atoms with Crippen molar-refractivity contribution in [2.24, 2.45) is 5.92 Å². The molecule has 84 valence electrons. The van der Waals surface area contributed by atoms with Crippen molar-refractivity contribution < 1.29 is 9.53 Å². The molecule has 0 radical (unpaired) electrons. The fourth-order valence-corrected chi connectivity index (χ4v) is 0.908. The van der Waals surface area contributed by atoms with E-state index in [4.69, 9.17) is 10.5 Å². The Kier molecular flexibility index (Phi) is 3.54. The number of aromatic amines is 1. The van der Waals surface area contributed by atoms with Crippen LogP contribution in [0.4, 0.5) is 16.3 Å². The van der Waals surface area contributed by atoms with Crippen LogP contribution in [-0.4, -0.2) is 22.9 Å². The van der Waals surface area contributed by atoms with Gasteiger partial charge < -0.3 is 10.5 Å². The third kappa shape index (κ3) is 3.16. The van der Waals surface area contributed by atoms with E-state index in [-0.39, 0.29) is 0 Å². The third-order valence-corrected chi connectivity index (χ3v) is 1.76. The zero-order valence-corrected chi connectivity index (χ0v) is 9.13. The molecule has 1 aromatic rings. The quantitative estimate of drug-likeness (QED) is 0.707. The van der Waals surface area contributed by atoms with E-state index in [9.17, 15) is 4.79 Å². The van der Waals surface area contributed by atoms with Gasteiger partial charge in [-0.1, -0.05) is 13.8 Å².